The Labute approximate surface area is 125 Å². The van der Waals surface area contributed by atoms with E-state index in [1.54, 1.807) is 30.3 Å². The average molecular weight is 313 g/mol. The van der Waals surface area contributed by atoms with E-state index in [1.807, 2.05) is 0 Å². The van der Waals surface area contributed by atoms with Crippen molar-refractivity contribution >= 4 is 17.4 Å². The average Bonchev–Trinajstić information content (AvgIpc) is 2.46. The molecule has 2 N–H and O–H groups in total. The summed E-state index contributed by atoms with van der Waals surface area (Å²) in [5.74, 6) is -3.02. The number of benzene rings is 2. The minimum absolute atomic E-state index is 0.0295. The zero-order valence-corrected chi connectivity index (χ0v) is 11.8. The summed E-state index contributed by atoms with van der Waals surface area (Å²) in [4.78, 5) is 0.383. The number of rotatable bonds is 6. The smallest absolute Gasteiger partial charge is 0.288 e. The Kier molecular flexibility index (Phi) is 5.52. The Morgan fingerprint density at radius 2 is 1.71 bits per heavy atom. The minimum atomic E-state index is -2.52. The summed E-state index contributed by atoms with van der Waals surface area (Å²) in [6.45, 7) is 0.0295. The summed E-state index contributed by atoms with van der Waals surface area (Å²) in [6.07, 6.45) is -1.06. The first kappa shape index (κ1) is 15.7. The molecule has 0 spiro atoms. The van der Waals surface area contributed by atoms with Gasteiger partial charge in [0.15, 0.2) is 0 Å². The number of anilines is 1. The number of hydrogen-bond acceptors (Lipinski definition) is 3. The lowest BCUT2D eigenvalue weighted by Crippen LogP contribution is -2.14. The first-order valence-corrected chi connectivity index (χ1v) is 7.16. The molecule has 0 saturated carbocycles. The van der Waals surface area contributed by atoms with E-state index in [9.17, 15) is 18.3 Å². The summed E-state index contributed by atoms with van der Waals surface area (Å²) >= 11 is 0.424. The highest BCUT2D eigenvalue weighted by atomic mass is 32.2. The van der Waals surface area contributed by atoms with Crippen molar-refractivity contribution < 1.29 is 18.3 Å². The molecule has 0 bridgehead atoms. The van der Waals surface area contributed by atoms with Crippen LogP contribution >= 0.6 is 11.8 Å². The van der Waals surface area contributed by atoms with E-state index in [4.69, 9.17) is 0 Å². The predicted molar refractivity (Wildman–Crippen MR) is 78.2 cm³/mol. The molecule has 0 aliphatic rings. The van der Waals surface area contributed by atoms with E-state index in [0.29, 0.717) is 22.3 Å². The number of hydrogen-bond donors (Lipinski definition) is 2. The summed E-state index contributed by atoms with van der Waals surface area (Å²) in [5.41, 5.74) is 0.655. The van der Waals surface area contributed by atoms with E-state index in [1.165, 1.54) is 18.2 Å². The van der Waals surface area contributed by atoms with Gasteiger partial charge in [-0.2, -0.15) is 8.78 Å². The molecule has 0 aliphatic carbocycles. The van der Waals surface area contributed by atoms with Gasteiger partial charge in [0.25, 0.3) is 5.76 Å². The van der Waals surface area contributed by atoms with Crippen molar-refractivity contribution in [1.29, 1.82) is 0 Å². The molecule has 6 heteroatoms. The molecule has 0 heterocycles. The topological polar surface area (TPSA) is 32.3 Å². The van der Waals surface area contributed by atoms with Crippen LogP contribution in [-0.2, 0) is 0 Å². The van der Waals surface area contributed by atoms with Crippen LogP contribution in [0.3, 0.4) is 0 Å². The molecule has 21 heavy (non-hydrogen) atoms. The Bertz CT molecular complexity index is 595. The van der Waals surface area contributed by atoms with Crippen LogP contribution in [0.5, 0.6) is 0 Å². The Hall–Kier alpha value is -1.66. The monoisotopic (exact) mass is 313 g/mol. The summed E-state index contributed by atoms with van der Waals surface area (Å²) in [5, 5.41) is 12.9. The molecule has 0 aliphatic heterocycles. The fourth-order valence-corrected chi connectivity index (χ4v) is 2.49. The maximum absolute atomic E-state index is 13.5. The van der Waals surface area contributed by atoms with Crippen molar-refractivity contribution in [3.63, 3.8) is 0 Å². The van der Waals surface area contributed by atoms with Gasteiger partial charge in [0.05, 0.1) is 6.10 Å². The SMILES string of the molecule is OC(CNc1ccccc1SC(F)F)c1ccccc1F. The van der Waals surface area contributed by atoms with Crippen LogP contribution < -0.4 is 5.32 Å². The third kappa shape index (κ3) is 4.41. The molecular weight excluding hydrogens is 299 g/mol. The highest BCUT2D eigenvalue weighted by Crippen LogP contribution is 2.32. The second kappa shape index (κ2) is 7.38. The van der Waals surface area contributed by atoms with Gasteiger partial charge in [0, 0.05) is 22.7 Å². The lowest BCUT2D eigenvalue weighted by molar-refractivity contribution is 0.186. The summed E-state index contributed by atoms with van der Waals surface area (Å²) < 4.78 is 38.4. The van der Waals surface area contributed by atoms with Gasteiger partial charge in [-0.3, -0.25) is 0 Å². The molecule has 0 fully saturated rings. The number of halogens is 3. The first-order valence-electron chi connectivity index (χ1n) is 6.28. The number of alkyl halides is 2. The normalized spacial score (nSPS) is 12.4. The lowest BCUT2D eigenvalue weighted by Gasteiger charge is -2.16. The van der Waals surface area contributed by atoms with Crippen molar-refractivity contribution in [2.24, 2.45) is 0 Å². The van der Waals surface area contributed by atoms with Gasteiger partial charge in [-0.15, -0.1) is 0 Å². The zero-order valence-electron chi connectivity index (χ0n) is 11.0. The van der Waals surface area contributed by atoms with Crippen LogP contribution in [-0.4, -0.2) is 17.4 Å². The van der Waals surface area contributed by atoms with Crippen LogP contribution in [0.1, 0.15) is 11.7 Å². The Morgan fingerprint density at radius 1 is 1.05 bits per heavy atom. The molecule has 112 valence electrons. The molecule has 2 aromatic carbocycles. The van der Waals surface area contributed by atoms with Gasteiger partial charge in [0.2, 0.25) is 0 Å². The fraction of sp³-hybridized carbons (Fsp3) is 0.200. The maximum atomic E-state index is 13.5. The Morgan fingerprint density at radius 3 is 2.43 bits per heavy atom. The van der Waals surface area contributed by atoms with Crippen LogP contribution in [0.15, 0.2) is 53.4 Å². The third-order valence-corrected chi connectivity index (χ3v) is 3.64. The van der Waals surface area contributed by atoms with Crippen LogP contribution in [0.25, 0.3) is 0 Å². The quantitative estimate of drug-likeness (QED) is 0.781. The van der Waals surface area contributed by atoms with E-state index in [0.717, 1.165) is 0 Å². The van der Waals surface area contributed by atoms with Crippen molar-refractivity contribution in [1.82, 2.24) is 0 Å². The van der Waals surface area contributed by atoms with Gasteiger partial charge < -0.3 is 10.4 Å². The summed E-state index contributed by atoms with van der Waals surface area (Å²) in [7, 11) is 0. The van der Waals surface area contributed by atoms with Gasteiger partial charge in [-0.25, -0.2) is 4.39 Å². The highest BCUT2D eigenvalue weighted by Gasteiger charge is 2.14. The van der Waals surface area contributed by atoms with Crippen molar-refractivity contribution in [3.8, 4) is 0 Å². The van der Waals surface area contributed by atoms with E-state index >= 15 is 0 Å². The van der Waals surface area contributed by atoms with Crippen molar-refractivity contribution in [2.45, 2.75) is 16.8 Å². The number of thioether (sulfide) groups is 1. The van der Waals surface area contributed by atoms with Gasteiger partial charge >= 0.3 is 0 Å². The second-order valence-corrected chi connectivity index (χ2v) is 5.32. The van der Waals surface area contributed by atoms with Crippen LogP contribution in [0.4, 0.5) is 18.9 Å². The van der Waals surface area contributed by atoms with E-state index < -0.39 is 17.7 Å². The molecule has 0 amide bonds. The lowest BCUT2D eigenvalue weighted by atomic mass is 10.1. The molecule has 1 atom stereocenters. The van der Waals surface area contributed by atoms with E-state index in [-0.39, 0.29) is 12.1 Å². The minimum Gasteiger partial charge on any atom is -0.386 e. The van der Waals surface area contributed by atoms with Gasteiger partial charge in [-0.05, 0) is 18.2 Å². The number of nitrogens with one attached hydrogen (secondary N) is 1. The Balaban J connectivity index is 2.05. The standard InChI is InChI=1S/C15H14F3NOS/c16-11-6-2-1-5-10(11)13(20)9-19-12-7-3-4-8-14(12)21-15(17)18/h1-8,13,15,19-20H,9H2. The molecule has 0 saturated heterocycles. The fourth-order valence-electron chi connectivity index (χ4n) is 1.87. The van der Waals surface area contributed by atoms with Gasteiger partial charge in [0.1, 0.15) is 5.82 Å². The highest BCUT2D eigenvalue weighted by molar-refractivity contribution is 7.99. The van der Waals surface area contributed by atoms with E-state index in [2.05, 4.69) is 5.32 Å². The maximum Gasteiger partial charge on any atom is 0.288 e. The number of aliphatic hydroxyl groups excluding tert-OH is 1. The predicted octanol–water partition coefficient (Wildman–Crippen LogP) is 4.29. The molecule has 0 aromatic heterocycles. The molecule has 2 nitrogen and oxygen atoms in total. The molecule has 0 radical (unpaired) electrons. The van der Waals surface area contributed by atoms with Gasteiger partial charge in [-0.1, -0.05) is 42.1 Å². The van der Waals surface area contributed by atoms with Crippen molar-refractivity contribution in [2.75, 3.05) is 11.9 Å². The largest absolute Gasteiger partial charge is 0.386 e. The number of aliphatic hydroxyl groups is 1. The first-order chi connectivity index (χ1) is 10.1. The molecule has 2 aromatic rings. The van der Waals surface area contributed by atoms with Crippen molar-refractivity contribution in [3.05, 3.63) is 59.9 Å². The summed E-state index contributed by atoms with van der Waals surface area (Å²) in [6, 6.07) is 12.5. The second-order valence-electron chi connectivity index (χ2n) is 4.29. The zero-order chi connectivity index (χ0) is 15.2. The van der Waals surface area contributed by atoms with Crippen LogP contribution in [0.2, 0.25) is 0 Å². The molecular formula is C15H14F3NOS. The number of para-hydroxylation sites is 1. The third-order valence-electron chi connectivity index (χ3n) is 2.85. The van der Waals surface area contributed by atoms with Crippen LogP contribution in [0, 0.1) is 5.82 Å². The molecule has 1 unspecified atom stereocenters. The molecule has 2 rings (SSSR count).